The number of hydrogen-bond acceptors (Lipinski definition) is 16. The zero-order chi connectivity index (χ0) is 47.6. The fourth-order valence-corrected chi connectivity index (χ4v) is 7.02. The Morgan fingerprint density at radius 1 is 0.769 bits per heavy atom. The van der Waals surface area contributed by atoms with Gasteiger partial charge in [0, 0.05) is 57.3 Å². The number of carbonyl (C=O) groups excluding carboxylic acids is 4. The second-order valence-corrected chi connectivity index (χ2v) is 16.2. The molecule has 0 saturated carbocycles. The van der Waals surface area contributed by atoms with E-state index in [0.29, 0.717) is 38.6 Å². The summed E-state index contributed by atoms with van der Waals surface area (Å²) in [6, 6.07) is 16.0. The van der Waals surface area contributed by atoms with Crippen LogP contribution in [0.5, 0.6) is 17.4 Å². The second-order valence-electron chi connectivity index (χ2n) is 16.2. The molecular weight excluding hydrogens is 841 g/mol. The lowest BCUT2D eigenvalue weighted by Gasteiger charge is -2.43. The van der Waals surface area contributed by atoms with Crippen molar-refractivity contribution in [3.8, 4) is 17.4 Å². The van der Waals surface area contributed by atoms with Gasteiger partial charge in [0.2, 0.25) is 18.3 Å². The number of aryl methyl sites for hydroxylation is 1. The van der Waals surface area contributed by atoms with Gasteiger partial charge >= 0.3 is 23.9 Å². The van der Waals surface area contributed by atoms with Crippen molar-refractivity contribution in [2.45, 2.75) is 131 Å². The molecule has 1 fully saturated rings. The predicted molar refractivity (Wildman–Crippen MR) is 239 cm³/mol. The lowest BCUT2D eigenvalue weighted by Crippen LogP contribution is -2.63. The fraction of sp³-hybridized carbons (Fsp3) is 0.532. The summed E-state index contributed by atoms with van der Waals surface area (Å²) in [5.74, 6) is -0.527. The maximum Gasteiger partial charge on any atom is 0.303 e. The monoisotopic (exact) mass is 906 g/mol. The Morgan fingerprint density at radius 3 is 1.94 bits per heavy atom. The van der Waals surface area contributed by atoms with Gasteiger partial charge in [-0.15, -0.1) is 5.10 Å². The Kier molecular flexibility index (Phi) is 20.3. The summed E-state index contributed by atoms with van der Waals surface area (Å²) in [7, 11) is 0. The quantitative estimate of drug-likeness (QED) is 0.0538. The van der Waals surface area contributed by atoms with E-state index < -0.39 is 54.6 Å². The molecule has 0 radical (unpaired) electrons. The van der Waals surface area contributed by atoms with Gasteiger partial charge in [0.05, 0.1) is 19.8 Å². The average molecular weight is 907 g/mol. The highest BCUT2D eigenvalue weighted by atomic mass is 16.7. The van der Waals surface area contributed by atoms with E-state index >= 15 is 0 Å². The standard InChI is InChI=1S/C31H43N3O11.C16H23N3O/c1-16(2)26-24(14-22-9-10-23(13-17(22)3)39-12-8-11-32)30(34-33-26)45-31-29(43-21(7)38)28(42-20(6)37)27(41-19(5)36)25(44-31)15-40-18(4)35;1-13(2)16-8-10-18-19(16)12-14-4-6-15(7-5-14)20-11-3-9-17/h9-10,13,16,25,27-29,31H,8,11-12,14-15,32H2,1-7H3,(H,33,34);4-8,10,13H,3,9,11-12,17H2,1-2H3/t25-,27-,28+,29-,31+;/m1./s1. The molecule has 3 heterocycles. The summed E-state index contributed by atoms with van der Waals surface area (Å²) in [5, 5.41) is 11.8. The zero-order valence-corrected chi connectivity index (χ0v) is 39.0. The molecule has 5 rings (SSSR count). The number of esters is 4. The number of benzene rings is 2. The number of hydrogen-bond donors (Lipinski definition) is 3. The number of nitrogens with one attached hydrogen (secondary N) is 1. The van der Waals surface area contributed by atoms with Gasteiger partial charge in [-0.05, 0) is 91.7 Å². The minimum atomic E-state index is -1.41. The van der Waals surface area contributed by atoms with Crippen molar-refractivity contribution < 1.29 is 57.1 Å². The van der Waals surface area contributed by atoms with Crippen molar-refractivity contribution in [3.63, 3.8) is 0 Å². The molecule has 1 aliphatic heterocycles. The first-order valence-corrected chi connectivity index (χ1v) is 21.9. The first-order valence-electron chi connectivity index (χ1n) is 21.9. The van der Waals surface area contributed by atoms with Crippen LogP contribution in [-0.4, -0.2) is 107 Å². The van der Waals surface area contributed by atoms with Crippen LogP contribution in [0.1, 0.15) is 114 Å². The molecule has 5 atom stereocenters. The van der Waals surface area contributed by atoms with E-state index in [2.05, 4.69) is 52.0 Å². The number of H-pyrrole nitrogens is 1. The Balaban J connectivity index is 0.000000383. The molecule has 1 aliphatic rings. The molecule has 0 unspecified atom stereocenters. The number of nitrogens with two attached hydrogens (primary N) is 2. The number of aromatic amines is 1. The van der Waals surface area contributed by atoms with E-state index in [1.54, 1.807) is 0 Å². The topological polar surface area (TPSA) is 241 Å². The predicted octanol–water partition coefficient (Wildman–Crippen LogP) is 5.40. The number of rotatable bonds is 21. The highest BCUT2D eigenvalue weighted by Gasteiger charge is 2.53. The maximum atomic E-state index is 12.2. The van der Waals surface area contributed by atoms with E-state index in [4.69, 9.17) is 49.4 Å². The number of nitrogens with zero attached hydrogens (tertiary/aromatic N) is 3. The third-order valence-electron chi connectivity index (χ3n) is 10.1. The Hall–Kier alpha value is -5.98. The number of ether oxygens (including phenoxy) is 8. The van der Waals surface area contributed by atoms with Gasteiger partial charge in [-0.3, -0.25) is 29.0 Å². The van der Waals surface area contributed by atoms with Crippen molar-refractivity contribution in [1.82, 2.24) is 20.0 Å². The minimum Gasteiger partial charge on any atom is -0.494 e. The molecule has 1 saturated heterocycles. The third kappa shape index (κ3) is 15.9. The van der Waals surface area contributed by atoms with Gasteiger partial charge in [0.25, 0.3) is 0 Å². The van der Waals surface area contributed by atoms with Crippen LogP contribution in [0.2, 0.25) is 0 Å². The highest BCUT2D eigenvalue weighted by molar-refractivity contribution is 5.68. The largest absolute Gasteiger partial charge is 0.494 e. The summed E-state index contributed by atoms with van der Waals surface area (Å²) in [4.78, 5) is 48.1. The molecule has 18 heteroatoms. The lowest BCUT2D eigenvalue weighted by molar-refractivity contribution is -0.289. The van der Waals surface area contributed by atoms with E-state index in [0.717, 1.165) is 74.0 Å². The van der Waals surface area contributed by atoms with E-state index in [1.165, 1.54) is 18.2 Å². The van der Waals surface area contributed by atoms with Crippen molar-refractivity contribution in [1.29, 1.82) is 0 Å². The fourth-order valence-electron chi connectivity index (χ4n) is 7.02. The van der Waals surface area contributed by atoms with Crippen molar-refractivity contribution in [2.24, 2.45) is 11.5 Å². The van der Waals surface area contributed by atoms with Crippen molar-refractivity contribution in [3.05, 3.63) is 88.4 Å². The van der Waals surface area contributed by atoms with Crippen molar-refractivity contribution in [2.75, 3.05) is 32.9 Å². The smallest absolute Gasteiger partial charge is 0.303 e. The molecule has 0 amide bonds. The van der Waals surface area contributed by atoms with Gasteiger partial charge in [-0.2, -0.15) is 5.10 Å². The first kappa shape index (κ1) is 51.7. The van der Waals surface area contributed by atoms with Gasteiger partial charge in [0.1, 0.15) is 24.2 Å². The third-order valence-corrected chi connectivity index (χ3v) is 10.1. The summed E-state index contributed by atoms with van der Waals surface area (Å²) in [6.45, 7) is 17.8. The summed E-state index contributed by atoms with van der Waals surface area (Å²) in [5.41, 5.74) is 17.0. The van der Waals surface area contributed by atoms with Crippen molar-refractivity contribution >= 4 is 23.9 Å². The molecule has 0 bridgehead atoms. The maximum absolute atomic E-state index is 12.2. The average Bonchev–Trinajstić information content (AvgIpc) is 3.88. The van der Waals surface area contributed by atoms with Crippen LogP contribution >= 0.6 is 0 Å². The summed E-state index contributed by atoms with van der Waals surface area (Å²) < 4.78 is 47.5. The highest BCUT2D eigenvalue weighted by Crippen LogP contribution is 2.35. The molecular formula is C47H66N6O12. The van der Waals surface area contributed by atoms with Crippen LogP contribution in [0.15, 0.2) is 54.7 Å². The zero-order valence-electron chi connectivity index (χ0n) is 39.0. The SMILES string of the molecule is CC(=O)OC[C@H]1O[C@@H](Oc2n[nH]c(C(C)C)c2Cc2ccc(OCCCN)cc2C)[C@H](OC(C)=O)[C@@H](OC(C)=O)[C@@H]1OC(C)=O.CC(C)c1ccnn1Cc1ccc(OCCCN)cc1. The van der Waals surface area contributed by atoms with Gasteiger partial charge < -0.3 is 49.4 Å². The van der Waals surface area contributed by atoms with Gasteiger partial charge in [-0.1, -0.05) is 45.9 Å². The molecule has 2 aromatic heterocycles. The molecule has 0 spiro atoms. The molecule has 2 aromatic carbocycles. The Morgan fingerprint density at radius 2 is 1.37 bits per heavy atom. The Labute approximate surface area is 380 Å². The van der Waals surface area contributed by atoms with Crippen LogP contribution in [0.25, 0.3) is 0 Å². The normalized spacial score (nSPS) is 18.0. The number of aromatic nitrogens is 4. The lowest BCUT2D eigenvalue weighted by atomic mass is 9.96. The van der Waals surface area contributed by atoms with Gasteiger partial charge in [0.15, 0.2) is 12.2 Å². The van der Waals surface area contributed by atoms with Crippen LogP contribution in [-0.2, 0) is 55.8 Å². The van der Waals surface area contributed by atoms with E-state index in [9.17, 15) is 19.2 Å². The first-order chi connectivity index (χ1) is 31.0. The summed E-state index contributed by atoms with van der Waals surface area (Å²) >= 11 is 0. The van der Waals surface area contributed by atoms with E-state index in [-0.39, 0.29) is 18.4 Å². The van der Waals surface area contributed by atoms with Crippen LogP contribution in [0, 0.1) is 6.92 Å². The van der Waals surface area contributed by atoms with Crippen LogP contribution in [0.4, 0.5) is 0 Å². The number of carbonyl (C=O) groups is 4. The van der Waals surface area contributed by atoms with Gasteiger partial charge in [-0.25, -0.2) is 0 Å². The second kappa shape index (κ2) is 25.5. The molecule has 356 valence electrons. The van der Waals surface area contributed by atoms with Crippen LogP contribution < -0.4 is 25.7 Å². The molecule has 5 N–H and O–H groups in total. The molecule has 4 aromatic rings. The molecule has 0 aliphatic carbocycles. The minimum absolute atomic E-state index is 0.0272. The summed E-state index contributed by atoms with van der Waals surface area (Å²) in [6.07, 6.45) is -2.71. The van der Waals surface area contributed by atoms with E-state index in [1.807, 2.05) is 57.3 Å². The molecule has 18 nitrogen and oxygen atoms in total. The Bertz CT molecular complexity index is 2140. The molecule has 65 heavy (non-hydrogen) atoms. The van der Waals surface area contributed by atoms with Crippen LogP contribution in [0.3, 0.4) is 0 Å².